The Hall–Kier alpha value is -2.97. The van der Waals surface area contributed by atoms with Crippen LogP contribution in [0.15, 0.2) is 42.5 Å². The minimum atomic E-state index is -1.19. The maximum atomic E-state index is 10.8. The zero-order valence-corrected chi connectivity index (χ0v) is 15.9. The van der Waals surface area contributed by atoms with Gasteiger partial charge in [-0.25, -0.2) is 9.31 Å². The lowest BCUT2D eigenvalue weighted by molar-refractivity contribution is -0.0704. The lowest BCUT2D eigenvalue weighted by atomic mass is 10.1. The van der Waals surface area contributed by atoms with Crippen LogP contribution in [-0.2, 0) is 11.3 Å². The van der Waals surface area contributed by atoms with Crippen molar-refractivity contribution in [3.8, 4) is 11.3 Å². The Bertz CT molecular complexity index is 975. The summed E-state index contributed by atoms with van der Waals surface area (Å²) in [6.45, 7) is 6.97. The molecule has 2 N–H and O–H groups in total. The summed E-state index contributed by atoms with van der Waals surface area (Å²) in [6, 6.07) is 14.0. The van der Waals surface area contributed by atoms with E-state index >= 15 is 0 Å². The van der Waals surface area contributed by atoms with E-state index in [0.29, 0.717) is 5.65 Å². The van der Waals surface area contributed by atoms with Gasteiger partial charge in [-0.15, -0.1) is 5.10 Å². The highest BCUT2D eigenvalue weighted by molar-refractivity contribution is 5.80. The van der Waals surface area contributed by atoms with Gasteiger partial charge in [0.05, 0.1) is 17.9 Å². The number of carbonyl (C=O) groups is 1. The average Bonchev–Trinajstić information content (AvgIpc) is 3.03. The fraction of sp³-hybridized carbons (Fsp3) is 0.350. The summed E-state index contributed by atoms with van der Waals surface area (Å²) < 4.78 is 7.44. The maximum Gasteiger partial charge on any atom is 0.411 e. The number of anilines is 1. The van der Waals surface area contributed by atoms with Crippen molar-refractivity contribution in [3.05, 3.63) is 48.0 Å². The number of hydrogen-bond acceptors (Lipinski definition) is 5. The van der Waals surface area contributed by atoms with E-state index in [-0.39, 0.29) is 18.2 Å². The van der Waals surface area contributed by atoms with Gasteiger partial charge in [-0.3, -0.25) is 10.2 Å². The van der Waals surface area contributed by atoms with E-state index in [9.17, 15) is 4.79 Å². The minimum Gasteiger partial charge on any atom is -0.465 e. The number of fused-ring (bicyclic) bond motifs is 1. The number of ether oxygens (including phenoxy) is 1. The van der Waals surface area contributed by atoms with Gasteiger partial charge in [-0.05, 0) is 31.5 Å². The molecule has 3 aromatic rings. The van der Waals surface area contributed by atoms with Crippen LogP contribution < -0.4 is 5.32 Å². The van der Waals surface area contributed by atoms with Crippen molar-refractivity contribution in [2.45, 2.75) is 32.6 Å². The first-order valence-corrected chi connectivity index (χ1v) is 9.31. The van der Waals surface area contributed by atoms with Crippen molar-refractivity contribution in [1.29, 1.82) is 0 Å². The van der Waals surface area contributed by atoms with Gasteiger partial charge in [0.25, 0.3) is 5.95 Å². The lowest BCUT2D eigenvalue weighted by Gasteiger charge is -2.35. The van der Waals surface area contributed by atoms with Crippen molar-refractivity contribution in [2.24, 2.45) is 0 Å². The van der Waals surface area contributed by atoms with Gasteiger partial charge in [0.2, 0.25) is 0 Å². The topological polar surface area (TPSA) is 92.0 Å². The predicted molar refractivity (Wildman–Crippen MR) is 105 cm³/mol. The number of amides is 1. The van der Waals surface area contributed by atoms with Gasteiger partial charge in [-0.2, -0.15) is 4.98 Å². The van der Waals surface area contributed by atoms with Crippen LogP contribution in [-0.4, -0.2) is 56.0 Å². The quantitative estimate of drug-likeness (QED) is 0.722. The molecule has 1 amide bonds. The fourth-order valence-corrected chi connectivity index (χ4v) is 3.72. The average molecular weight is 381 g/mol. The SMILES string of the molecule is C[C@@H]1CN(Cc2ccc(-c3cccc4nc(NC(=O)O)nn34)cc2)C[C@H](C)O1. The van der Waals surface area contributed by atoms with E-state index in [1.54, 1.807) is 10.6 Å². The normalized spacial score (nSPS) is 20.4. The summed E-state index contributed by atoms with van der Waals surface area (Å²) in [5.41, 5.74) is 3.67. The molecule has 0 bridgehead atoms. The molecule has 0 saturated carbocycles. The number of rotatable bonds is 4. The summed E-state index contributed by atoms with van der Waals surface area (Å²) in [5, 5.41) is 15.3. The van der Waals surface area contributed by atoms with Crippen LogP contribution in [0, 0.1) is 0 Å². The Labute approximate surface area is 162 Å². The second kappa shape index (κ2) is 7.57. The van der Waals surface area contributed by atoms with E-state index in [2.05, 4.69) is 58.4 Å². The van der Waals surface area contributed by atoms with Crippen LogP contribution in [0.3, 0.4) is 0 Å². The molecule has 146 valence electrons. The van der Waals surface area contributed by atoms with Gasteiger partial charge in [0, 0.05) is 25.2 Å². The summed E-state index contributed by atoms with van der Waals surface area (Å²) in [4.78, 5) is 17.4. The molecule has 3 heterocycles. The van der Waals surface area contributed by atoms with Crippen molar-refractivity contribution in [3.63, 3.8) is 0 Å². The number of benzene rings is 1. The molecule has 2 aromatic heterocycles. The van der Waals surface area contributed by atoms with Gasteiger partial charge in [-0.1, -0.05) is 30.3 Å². The number of pyridine rings is 1. The number of nitrogens with one attached hydrogen (secondary N) is 1. The molecule has 0 spiro atoms. The van der Waals surface area contributed by atoms with Crippen molar-refractivity contribution in [2.75, 3.05) is 18.4 Å². The molecule has 8 heteroatoms. The molecule has 1 aliphatic heterocycles. The van der Waals surface area contributed by atoms with E-state index in [1.165, 1.54) is 5.56 Å². The zero-order chi connectivity index (χ0) is 19.7. The monoisotopic (exact) mass is 381 g/mol. The Morgan fingerprint density at radius 2 is 1.89 bits per heavy atom. The molecule has 8 nitrogen and oxygen atoms in total. The summed E-state index contributed by atoms with van der Waals surface area (Å²) in [7, 11) is 0. The molecular formula is C20H23N5O3. The predicted octanol–water partition coefficient (Wildman–Crippen LogP) is 3.10. The molecule has 4 rings (SSSR count). The molecule has 28 heavy (non-hydrogen) atoms. The van der Waals surface area contributed by atoms with Crippen molar-refractivity contribution >= 4 is 17.7 Å². The van der Waals surface area contributed by atoms with Crippen LogP contribution in [0.1, 0.15) is 19.4 Å². The standard InChI is InChI=1S/C20H23N5O3/c1-13-10-24(11-14(2)28-13)12-15-6-8-16(9-7-15)17-4-3-5-18-21-19(22-20(26)27)23-25(17)18/h3-9,13-14H,10-12H2,1-2H3,(H,22,23)(H,26,27)/t13-,14+. The highest BCUT2D eigenvalue weighted by atomic mass is 16.5. The maximum absolute atomic E-state index is 10.8. The summed E-state index contributed by atoms with van der Waals surface area (Å²) >= 11 is 0. The van der Waals surface area contributed by atoms with Gasteiger partial charge in [0.1, 0.15) is 0 Å². The third-order valence-corrected chi connectivity index (χ3v) is 4.73. The molecule has 2 atom stereocenters. The third kappa shape index (κ3) is 3.97. The number of carboxylic acid groups (broad SMARTS) is 1. The van der Waals surface area contributed by atoms with Crippen LogP contribution in [0.2, 0.25) is 0 Å². The highest BCUT2D eigenvalue weighted by Crippen LogP contribution is 2.22. The molecule has 1 fully saturated rings. The first-order valence-electron chi connectivity index (χ1n) is 9.31. The molecule has 1 aromatic carbocycles. The Balaban J connectivity index is 1.55. The highest BCUT2D eigenvalue weighted by Gasteiger charge is 2.22. The van der Waals surface area contributed by atoms with E-state index in [0.717, 1.165) is 30.9 Å². The zero-order valence-electron chi connectivity index (χ0n) is 15.9. The first-order chi connectivity index (χ1) is 13.5. The lowest BCUT2D eigenvalue weighted by Crippen LogP contribution is -2.44. The minimum absolute atomic E-state index is 0.0622. The first kappa shape index (κ1) is 18.4. The van der Waals surface area contributed by atoms with Crippen molar-refractivity contribution < 1.29 is 14.6 Å². The molecule has 1 aliphatic rings. The Morgan fingerprint density at radius 1 is 1.18 bits per heavy atom. The second-order valence-electron chi connectivity index (χ2n) is 7.19. The van der Waals surface area contributed by atoms with E-state index in [1.807, 2.05) is 12.1 Å². The smallest absolute Gasteiger partial charge is 0.411 e. The Kier molecular flexibility index (Phi) is 4.97. The van der Waals surface area contributed by atoms with E-state index in [4.69, 9.17) is 9.84 Å². The van der Waals surface area contributed by atoms with Crippen LogP contribution in [0.4, 0.5) is 10.7 Å². The van der Waals surface area contributed by atoms with Crippen LogP contribution in [0.25, 0.3) is 16.9 Å². The van der Waals surface area contributed by atoms with Gasteiger partial charge in [0.15, 0.2) is 5.65 Å². The number of hydrogen-bond donors (Lipinski definition) is 2. The van der Waals surface area contributed by atoms with Crippen molar-refractivity contribution in [1.82, 2.24) is 19.5 Å². The van der Waals surface area contributed by atoms with E-state index < -0.39 is 6.09 Å². The molecule has 0 aliphatic carbocycles. The van der Waals surface area contributed by atoms with Gasteiger partial charge >= 0.3 is 6.09 Å². The molecule has 0 radical (unpaired) electrons. The number of morpholine rings is 1. The second-order valence-corrected chi connectivity index (χ2v) is 7.19. The van der Waals surface area contributed by atoms with Crippen LogP contribution >= 0.6 is 0 Å². The molecule has 1 saturated heterocycles. The summed E-state index contributed by atoms with van der Waals surface area (Å²) in [5.74, 6) is 0.0622. The molecule has 0 unspecified atom stereocenters. The number of nitrogens with zero attached hydrogens (tertiary/aromatic N) is 4. The summed E-state index contributed by atoms with van der Waals surface area (Å²) in [6.07, 6.45) is -0.684. The van der Waals surface area contributed by atoms with Gasteiger partial charge < -0.3 is 9.84 Å². The fourth-order valence-electron chi connectivity index (χ4n) is 3.72. The largest absolute Gasteiger partial charge is 0.465 e. The van der Waals surface area contributed by atoms with Crippen LogP contribution in [0.5, 0.6) is 0 Å². The number of aromatic nitrogens is 3. The Morgan fingerprint density at radius 3 is 2.57 bits per heavy atom. The molecular weight excluding hydrogens is 358 g/mol. The third-order valence-electron chi connectivity index (χ3n) is 4.73.